The maximum atomic E-state index is 12.6. The van der Waals surface area contributed by atoms with Crippen molar-refractivity contribution >= 4 is 34.9 Å². The van der Waals surface area contributed by atoms with Crippen molar-refractivity contribution in [1.82, 2.24) is 15.6 Å². The number of hydrogen-bond acceptors (Lipinski definition) is 5. The largest absolute Gasteiger partial charge is 0.322 e. The average molecular weight is 406 g/mol. The Balaban J connectivity index is 1.53. The van der Waals surface area contributed by atoms with E-state index in [0.29, 0.717) is 16.9 Å². The zero-order chi connectivity index (χ0) is 20.6. The molecule has 8 heteroatoms. The number of imide groups is 1. The highest BCUT2D eigenvalue weighted by molar-refractivity contribution is 7.13. The van der Waals surface area contributed by atoms with Crippen molar-refractivity contribution in [3.63, 3.8) is 0 Å². The summed E-state index contributed by atoms with van der Waals surface area (Å²) in [5.74, 6) is -0.782. The molecule has 4 rings (SSSR count). The SMILES string of the molecule is Cc1ccc(-c2nc(C(=O)Nc3cccc(C4(C)NC(=O)NC4=O)c3)cs2)cc1. The lowest BCUT2D eigenvalue weighted by Gasteiger charge is -2.21. The summed E-state index contributed by atoms with van der Waals surface area (Å²) in [4.78, 5) is 40.7. The van der Waals surface area contributed by atoms with Gasteiger partial charge in [0.1, 0.15) is 16.2 Å². The van der Waals surface area contributed by atoms with Gasteiger partial charge in [0.15, 0.2) is 0 Å². The predicted octanol–water partition coefficient (Wildman–Crippen LogP) is 3.43. The van der Waals surface area contributed by atoms with E-state index in [1.54, 1.807) is 36.6 Å². The molecule has 1 atom stereocenters. The second kappa shape index (κ2) is 7.14. The molecule has 0 spiro atoms. The first-order valence-corrected chi connectivity index (χ1v) is 9.81. The molecule has 2 heterocycles. The minimum absolute atomic E-state index is 0.314. The predicted molar refractivity (Wildman–Crippen MR) is 111 cm³/mol. The van der Waals surface area contributed by atoms with Crippen molar-refractivity contribution in [1.29, 1.82) is 0 Å². The highest BCUT2D eigenvalue weighted by Crippen LogP contribution is 2.27. The fourth-order valence-electron chi connectivity index (χ4n) is 3.06. The molecule has 0 bridgehead atoms. The first kappa shape index (κ1) is 18.8. The number of carbonyl (C=O) groups is 3. The van der Waals surface area contributed by atoms with E-state index in [-0.39, 0.29) is 5.91 Å². The molecule has 0 aliphatic carbocycles. The number of nitrogens with zero attached hydrogens (tertiary/aromatic N) is 1. The van der Waals surface area contributed by atoms with Crippen molar-refractivity contribution in [2.24, 2.45) is 0 Å². The van der Waals surface area contributed by atoms with Gasteiger partial charge in [0.2, 0.25) is 0 Å². The van der Waals surface area contributed by atoms with Crippen LogP contribution in [0.3, 0.4) is 0 Å². The Labute approximate surface area is 171 Å². The van der Waals surface area contributed by atoms with Gasteiger partial charge in [-0.25, -0.2) is 9.78 Å². The molecular formula is C21H18N4O3S. The number of urea groups is 1. The molecule has 1 aliphatic rings. The third kappa shape index (κ3) is 3.62. The number of benzene rings is 2. The van der Waals surface area contributed by atoms with Crippen LogP contribution in [0.25, 0.3) is 10.6 Å². The maximum absolute atomic E-state index is 12.6. The highest BCUT2D eigenvalue weighted by atomic mass is 32.1. The molecule has 29 heavy (non-hydrogen) atoms. The summed E-state index contributed by atoms with van der Waals surface area (Å²) in [7, 11) is 0. The third-order valence-electron chi connectivity index (χ3n) is 4.78. The molecule has 0 radical (unpaired) electrons. The fraction of sp³-hybridized carbons (Fsp3) is 0.143. The fourth-order valence-corrected chi connectivity index (χ4v) is 3.86. The van der Waals surface area contributed by atoms with E-state index in [9.17, 15) is 14.4 Å². The van der Waals surface area contributed by atoms with E-state index < -0.39 is 17.5 Å². The molecule has 146 valence electrons. The molecule has 2 aromatic carbocycles. The van der Waals surface area contributed by atoms with Gasteiger partial charge in [0, 0.05) is 16.6 Å². The van der Waals surface area contributed by atoms with Crippen molar-refractivity contribution in [3.8, 4) is 10.6 Å². The minimum Gasteiger partial charge on any atom is -0.321 e. The van der Waals surface area contributed by atoms with Crippen molar-refractivity contribution < 1.29 is 14.4 Å². The van der Waals surface area contributed by atoms with E-state index in [4.69, 9.17) is 0 Å². The van der Waals surface area contributed by atoms with Crippen LogP contribution in [0.2, 0.25) is 0 Å². The second-order valence-corrected chi connectivity index (χ2v) is 7.83. The van der Waals surface area contributed by atoms with Gasteiger partial charge in [-0.15, -0.1) is 11.3 Å². The first-order valence-electron chi connectivity index (χ1n) is 8.93. The van der Waals surface area contributed by atoms with Crippen LogP contribution in [0.15, 0.2) is 53.9 Å². The monoisotopic (exact) mass is 406 g/mol. The van der Waals surface area contributed by atoms with Gasteiger partial charge in [0.05, 0.1) is 0 Å². The molecule has 1 saturated heterocycles. The molecule has 3 aromatic rings. The van der Waals surface area contributed by atoms with Crippen LogP contribution in [0.5, 0.6) is 0 Å². The molecule has 3 N–H and O–H groups in total. The van der Waals surface area contributed by atoms with E-state index in [1.807, 2.05) is 31.2 Å². The van der Waals surface area contributed by atoms with Gasteiger partial charge in [0.25, 0.3) is 11.8 Å². The van der Waals surface area contributed by atoms with Gasteiger partial charge in [-0.2, -0.15) is 0 Å². The Morgan fingerprint density at radius 1 is 1.14 bits per heavy atom. The standard InChI is InChI=1S/C21H18N4O3S/c1-12-6-8-13(9-7-12)18-23-16(11-29-18)17(26)22-15-5-3-4-14(10-15)21(2)19(27)24-20(28)25-21/h3-11H,1-2H3,(H,22,26)(H2,24,25,27,28). The van der Waals surface area contributed by atoms with Crippen LogP contribution in [0, 0.1) is 6.92 Å². The molecular weight excluding hydrogens is 388 g/mol. The number of anilines is 1. The van der Waals surface area contributed by atoms with Gasteiger partial charge in [-0.3, -0.25) is 14.9 Å². The van der Waals surface area contributed by atoms with Crippen LogP contribution < -0.4 is 16.0 Å². The van der Waals surface area contributed by atoms with E-state index in [1.165, 1.54) is 11.3 Å². The number of aromatic nitrogens is 1. The molecule has 7 nitrogen and oxygen atoms in total. The molecule has 1 fully saturated rings. The number of rotatable bonds is 4. The first-order chi connectivity index (χ1) is 13.8. The Bertz CT molecular complexity index is 1120. The number of carbonyl (C=O) groups excluding carboxylic acids is 3. The van der Waals surface area contributed by atoms with Crippen LogP contribution >= 0.6 is 11.3 Å². The topological polar surface area (TPSA) is 100 Å². The van der Waals surface area contributed by atoms with Crippen molar-refractivity contribution in [3.05, 3.63) is 70.7 Å². The summed E-state index contributed by atoms with van der Waals surface area (Å²) >= 11 is 1.40. The summed E-state index contributed by atoms with van der Waals surface area (Å²) in [6, 6.07) is 14.2. The summed E-state index contributed by atoms with van der Waals surface area (Å²) in [5.41, 5.74) is 2.32. The van der Waals surface area contributed by atoms with Crippen molar-refractivity contribution in [2.45, 2.75) is 19.4 Å². The van der Waals surface area contributed by atoms with Gasteiger partial charge >= 0.3 is 6.03 Å². The van der Waals surface area contributed by atoms with E-state index >= 15 is 0 Å². The molecule has 1 aromatic heterocycles. The van der Waals surface area contributed by atoms with Crippen LogP contribution in [-0.4, -0.2) is 22.8 Å². The lowest BCUT2D eigenvalue weighted by Crippen LogP contribution is -2.40. The maximum Gasteiger partial charge on any atom is 0.322 e. The minimum atomic E-state index is -1.18. The normalized spacial score (nSPS) is 18.3. The Morgan fingerprint density at radius 3 is 2.59 bits per heavy atom. The second-order valence-electron chi connectivity index (χ2n) is 6.97. The lowest BCUT2D eigenvalue weighted by molar-refractivity contribution is -0.123. The van der Waals surface area contributed by atoms with E-state index in [2.05, 4.69) is 20.9 Å². The van der Waals surface area contributed by atoms with Gasteiger partial charge in [-0.05, 0) is 31.5 Å². The quantitative estimate of drug-likeness (QED) is 0.578. The zero-order valence-corrected chi connectivity index (χ0v) is 16.6. The zero-order valence-electron chi connectivity index (χ0n) is 15.8. The number of thiazole rings is 1. The number of nitrogens with one attached hydrogen (secondary N) is 3. The van der Waals surface area contributed by atoms with Gasteiger partial charge < -0.3 is 10.6 Å². The van der Waals surface area contributed by atoms with Crippen LogP contribution in [-0.2, 0) is 10.3 Å². The lowest BCUT2D eigenvalue weighted by atomic mass is 9.92. The number of aryl methyl sites for hydroxylation is 1. The van der Waals surface area contributed by atoms with E-state index in [0.717, 1.165) is 16.1 Å². The smallest absolute Gasteiger partial charge is 0.321 e. The summed E-state index contributed by atoms with van der Waals surface area (Å²) in [6.45, 7) is 3.63. The molecule has 0 saturated carbocycles. The average Bonchev–Trinajstić information content (AvgIpc) is 3.28. The van der Waals surface area contributed by atoms with Crippen LogP contribution in [0.4, 0.5) is 10.5 Å². The number of hydrogen-bond donors (Lipinski definition) is 3. The highest BCUT2D eigenvalue weighted by Gasteiger charge is 2.43. The molecule has 1 aliphatic heterocycles. The summed E-state index contributed by atoms with van der Waals surface area (Å²) in [5, 5.41) is 10.1. The molecule has 4 amide bonds. The summed E-state index contributed by atoms with van der Waals surface area (Å²) in [6.07, 6.45) is 0. The Kier molecular flexibility index (Phi) is 4.63. The molecule has 1 unspecified atom stereocenters. The van der Waals surface area contributed by atoms with Gasteiger partial charge in [-0.1, -0.05) is 42.0 Å². The Morgan fingerprint density at radius 2 is 1.90 bits per heavy atom. The van der Waals surface area contributed by atoms with Crippen LogP contribution in [0.1, 0.15) is 28.5 Å². The summed E-state index contributed by atoms with van der Waals surface area (Å²) < 4.78 is 0. The Hall–Kier alpha value is -3.52. The number of amides is 4. The van der Waals surface area contributed by atoms with Crippen molar-refractivity contribution in [2.75, 3.05) is 5.32 Å². The third-order valence-corrected chi connectivity index (χ3v) is 5.67.